The molecular weight excluding hydrogens is 888 g/mol. The van der Waals surface area contributed by atoms with Crippen LogP contribution in [0.5, 0.6) is 0 Å². The van der Waals surface area contributed by atoms with E-state index < -0.39 is 13.9 Å². The van der Waals surface area contributed by atoms with Crippen molar-refractivity contribution in [1.82, 2.24) is 8.96 Å². The van der Waals surface area contributed by atoms with Gasteiger partial charge in [0, 0.05) is 43.5 Å². The Labute approximate surface area is 328 Å². The third-order valence-corrected chi connectivity index (χ3v) is 14.4. The summed E-state index contributed by atoms with van der Waals surface area (Å²) in [5.74, 6) is 6.51. The second-order valence-electron chi connectivity index (χ2n) is 14.0. The van der Waals surface area contributed by atoms with Gasteiger partial charge in [-0.15, -0.1) is 0 Å². The Kier molecular flexibility index (Phi) is 8.01. The molecule has 0 bridgehead atoms. The Morgan fingerprint density at radius 3 is 1.19 bits per heavy atom. The molecule has 0 unspecified atom stereocenters. The average molecular weight is 922 g/mol. The van der Waals surface area contributed by atoms with E-state index in [2.05, 4.69) is 57.0 Å². The van der Waals surface area contributed by atoms with E-state index in [1.165, 1.54) is 17.9 Å². The summed E-state index contributed by atoms with van der Waals surface area (Å²) >= 11 is 4.33. The fraction of sp³-hybridized carbons (Fsp3) is 0.200. The first kappa shape index (κ1) is 35.2. The van der Waals surface area contributed by atoms with Crippen molar-refractivity contribution in [1.29, 1.82) is 0 Å². The van der Waals surface area contributed by atoms with Crippen LogP contribution >= 0.6 is 45.2 Å². The molecule has 262 valence electrons. The van der Waals surface area contributed by atoms with Gasteiger partial charge in [0.1, 0.15) is 11.4 Å². The number of aromatic nitrogens is 2. The first-order chi connectivity index (χ1) is 24.5. The van der Waals surface area contributed by atoms with Crippen molar-refractivity contribution in [3.8, 4) is 11.8 Å². The summed E-state index contributed by atoms with van der Waals surface area (Å²) < 4.78 is 74.2. The monoisotopic (exact) mass is 922 g/mol. The Morgan fingerprint density at radius 1 is 0.538 bits per heavy atom. The summed E-state index contributed by atoms with van der Waals surface area (Å²) in [6.07, 6.45) is 0. The zero-order valence-corrected chi connectivity index (χ0v) is 34.3. The summed E-state index contributed by atoms with van der Waals surface area (Å²) in [5, 5.41) is 0. The minimum Gasteiger partial charge on any atom is -0.392 e. The highest BCUT2D eigenvalue weighted by Gasteiger charge is 2.58. The molecule has 0 fully saturated rings. The lowest BCUT2D eigenvalue weighted by Crippen LogP contribution is -2.51. The van der Waals surface area contributed by atoms with Crippen LogP contribution in [0.1, 0.15) is 72.7 Å². The van der Waals surface area contributed by atoms with Crippen LogP contribution in [0.4, 0.5) is 17.3 Å². The third-order valence-electron chi connectivity index (χ3n) is 11.2. The lowest BCUT2D eigenvalue weighted by molar-refractivity contribution is -0.364. The number of hydrogen-bond donors (Lipinski definition) is 0. The van der Waals surface area contributed by atoms with Gasteiger partial charge in [-0.2, -0.15) is 0 Å². The minimum absolute atomic E-state index is 0.340. The molecule has 0 aliphatic carbocycles. The van der Waals surface area contributed by atoms with Gasteiger partial charge in [0.2, 0.25) is 0 Å². The fourth-order valence-electron chi connectivity index (χ4n) is 8.87. The highest BCUT2D eigenvalue weighted by molar-refractivity contribution is 14.1. The van der Waals surface area contributed by atoms with Gasteiger partial charge < -0.3 is 35.2 Å². The number of halogens is 6. The van der Waals surface area contributed by atoms with E-state index in [0.29, 0.717) is 67.9 Å². The normalized spacial score (nSPS) is 18.7. The van der Waals surface area contributed by atoms with Gasteiger partial charge in [-0.05, 0) is 120 Å². The van der Waals surface area contributed by atoms with E-state index in [1.54, 1.807) is 27.7 Å². The maximum absolute atomic E-state index is 16.9. The fourth-order valence-corrected chi connectivity index (χ4v) is 9.90. The molecular formula is C40H34B2F4I2N4. The molecule has 0 saturated carbocycles. The maximum Gasteiger partial charge on any atom is 0.737 e. The molecule has 4 aromatic rings. The lowest BCUT2D eigenvalue weighted by atomic mass is 9.84. The minimum atomic E-state index is -4.28. The Morgan fingerprint density at radius 2 is 0.865 bits per heavy atom. The molecule has 0 saturated heterocycles. The van der Waals surface area contributed by atoms with Crippen molar-refractivity contribution in [3.63, 3.8) is 0 Å². The van der Waals surface area contributed by atoms with E-state index >= 15 is 17.3 Å². The highest BCUT2D eigenvalue weighted by Crippen LogP contribution is 2.48. The van der Waals surface area contributed by atoms with Gasteiger partial charge in [-0.3, -0.25) is 0 Å². The third kappa shape index (κ3) is 4.47. The SMILES string of the molecule is CC1=C(C#CC2=C(C)C3=C(c4ccccc4)c4c(C)c(I)c(C)n4[B-](F)(F)[N+]3=C2C)C(C)=[N+]2C1=C(c1ccccc1)c1c(C)c(I)c(C)n1[B-]2(F)F. The number of allylic oxidation sites excluding steroid dienone is 4. The molecule has 0 atom stereocenters. The Bertz CT molecular complexity index is 2430. The molecule has 12 heteroatoms. The molecule has 6 heterocycles. The zero-order chi connectivity index (χ0) is 37.3. The largest absolute Gasteiger partial charge is 0.737 e. The van der Waals surface area contributed by atoms with Gasteiger partial charge in [0.15, 0.2) is 11.4 Å². The van der Waals surface area contributed by atoms with E-state index in [-0.39, 0.29) is 0 Å². The standard InChI is InChI=1S/C40H34B2F4I2N4/c1-21-31(25(5)49-37(21)33(29-15-11-9-12-16-29)39-23(3)35(47)27(7)51(39)41(49,43)44)19-20-32-22(2)38-34(30-17-13-10-14-18-30)40-24(4)36(48)28(8)52(40)42(45,46)50(38)26(32)6/h9-18H,1-8H3. The first-order valence-corrected chi connectivity index (χ1v) is 19.3. The van der Waals surface area contributed by atoms with Crippen LogP contribution in [-0.2, 0) is 0 Å². The first-order valence-electron chi connectivity index (χ1n) is 17.1. The number of fused-ring (bicyclic) bond motifs is 4. The molecule has 8 rings (SSSR count). The number of rotatable bonds is 2. The Hall–Kier alpha value is -3.83. The van der Waals surface area contributed by atoms with E-state index in [1.807, 2.05) is 88.4 Å². The molecule has 0 radical (unpaired) electrons. The summed E-state index contributed by atoms with van der Waals surface area (Å²) in [4.78, 5) is 0. The topological polar surface area (TPSA) is 15.9 Å². The van der Waals surface area contributed by atoms with Crippen LogP contribution in [0.3, 0.4) is 0 Å². The number of hydrogen-bond acceptors (Lipinski definition) is 0. The highest BCUT2D eigenvalue weighted by atomic mass is 127. The predicted molar refractivity (Wildman–Crippen MR) is 220 cm³/mol. The van der Waals surface area contributed by atoms with Crippen LogP contribution in [0.2, 0.25) is 0 Å². The second-order valence-corrected chi connectivity index (χ2v) is 16.2. The van der Waals surface area contributed by atoms with Crippen LogP contribution in [0, 0.1) is 46.7 Å². The van der Waals surface area contributed by atoms with Crippen molar-refractivity contribution < 1.29 is 26.2 Å². The molecule has 2 aromatic carbocycles. The zero-order valence-electron chi connectivity index (χ0n) is 30.0. The Balaban J connectivity index is 1.39. The van der Waals surface area contributed by atoms with Crippen molar-refractivity contribution >= 4 is 81.7 Å². The van der Waals surface area contributed by atoms with Gasteiger partial charge >= 0.3 is 13.9 Å². The van der Waals surface area contributed by atoms with Gasteiger partial charge in [-0.25, -0.2) is 0 Å². The molecule has 0 spiro atoms. The predicted octanol–water partition coefficient (Wildman–Crippen LogP) is 10.0. The molecule has 0 N–H and O–H groups in total. The quantitative estimate of drug-likeness (QED) is 0.0825. The molecule has 4 aliphatic rings. The summed E-state index contributed by atoms with van der Waals surface area (Å²) in [7, 11) is 0. The summed E-state index contributed by atoms with van der Waals surface area (Å²) in [5.41, 5.74) is 10.5. The molecule has 4 nitrogen and oxygen atoms in total. The van der Waals surface area contributed by atoms with Crippen LogP contribution in [0.15, 0.2) is 94.4 Å². The van der Waals surface area contributed by atoms with Crippen LogP contribution in [-0.4, -0.2) is 43.3 Å². The number of benzene rings is 2. The van der Waals surface area contributed by atoms with Gasteiger partial charge in [0.05, 0.1) is 22.3 Å². The molecule has 52 heavy (non-hydrogen) atoms. The van der Waals surface area contributed by atoms with Crippen molar-refractivity contribution in [2.24, 2.45) is 0 Å². The molecule has 2 aromatic heterocycles. The van der Waals surface area contributed by atoms with Crippen LogP contribution < -0.4 is 0 Å². The summed E-state index contributed by atoms with van der Waals surface area (Å²) in [6.45, 7) is 5.78. The van der Waals surface area contributed by atoms with Crippen molar-refractivity contribution in [3.05, 3.63) is 147 Å². The summed E-state index contributed by atoms with van der Waals surface area (Å²) in [6, 6.07) is 19.3. The van der Waals surface area contributed by atoms with Gasteiger partial charge in [-0.1, -0.05) is 72.5 Å². The van der Waals surface area contributed by atoms with E-state index in [4.69, 9.17) is 0 Å². The molecule has 0 amide bonds. The second kappa shape index (κ2) is 11.8. The molecule has 4 aliphatic heterocycles. The van der Waals surface area contributed by atoms with Crippen molar-refractivity contribution in [2.45, 2.75) is 55.4 Å². The van der Waals surface area contributed by atoms with Gasteiger partial charge in [0.25, 0.3) is 0 Å². The average Bonchev–Trinajstić information content (AvgIpc) is 3.70. The van der Waals surface area contributed by atoms with E-state index in [0.717, 1.165) is 40.5 Å². The smallest absolute Gasteiger partial charge is 0.392 e. The van der Waals surface area contributed by atoms with Crippen molar-refractivity contribution in [2.75, 3.05) is 0 Å². The van der Waals surface area contributed by atoms with Crippen LogP contribution in [0.25, 0.3) is 11.1 Å². The lowest BCUT2D eigenvalue weighted by Gasteiger charge is -2.33. The van der Waals surface area contributed by atoms with E-state index in [9.17, 15) is 0 Å². The maximum atomic E-state index is 16.9. The number of nitrogens with zero attached hydrogens (tertiary/aromatic N) is 4.